The van der Waals surface area contributed by atoms with Crippen molar-refractivity contribution in [1.82, 2.24) is 20.9 Å². The predicted molar refractivity (Wildman–Crippen MR) is 280 cm³/mol. The van der Waals surface area contributed by atoms with E-state index in [1.165, 1.54) is 78.2 Å². The lowest BCUT2D eigenvalue weighted by molar-refractivity contribution is -0.385. The van der Waals surface area contributed by atoms with E-state index in [0.717, 1.165) is 32.2 Å². The Morgan fingerprint density at radius 2 is 1.05 bits per heavy atom. The van der Waals surface area contributed by atoms with Gasteiger partial charge in [0.25, 0.3) is 11.4 Å². The number of hydrogen-bond acceptors (Lipinski definition) is 17. The number of carbonyl (C=O) groups is 8. The number of rotatable bonds is 18. The number of carboxylic acid groups (broad SMARTS) is 1. The maximum Gasteiger partial charge on any atom is 0.414 e. The first-order valence-electron chi connectivity index (χ1n) is 25.0. The van der Waals surface area contributed by atoms with Gasteiger partial charge in [0, 0.05) is 121 Å². The molecule has 8 rings (SSSR count). The molecule has 4 aliphatic rings. The van der Waals surface area contributed by atoms with E-state index in [2.05, 4.69) is 16.0 Å². The summed E-state index contributed by atoms with van der Waals surface area (Å²) in [6, 6.07) is 19.9. The third-order valence-electron chi connectivity index (χ3n) is 12.7. The van der Waals surface area contributed by atoms with Gasteiger partial charge < -0.3 is 45.2 Å². The molecule has 79 heavy (non-hydrogen) atoms. The van der Waals surface area contributed by atoms with Crippen molar-refractivity contribution in [1.29, 1.82) is 0 Å². The molecule has 0 unspecified atom stereocenters. The van der Waals surface area contributed by atoms with Crippen molar-refractivity contribution < 1.29 is 71.6 Å². The fourth-order valence-electron chi connectivity index (χ4n) is 8.61. The Balaban J connectivity index is 0.000000213. The number of cyclic esters (lactones) is 2. The summed E-state index contributed by atoms with van der Waals surface area (Å²) in [7, 11) is 0. The number of aliphatic carboxylic acids is 1. The molecule has 0 aliphatic carbocycles. The Bertz CT molecular complexity index is 2950. The number of amides is 5. The van der Waals surface area contributed by atoms with Crippen LogP contribution in [0.3, 0.4) is 0 Å². The van der Waals surface area contributed by atoms with E-state index in [9.17, 15) is 63.0 Å². The van der Waals surface area contributed by atoms with Crippen LogP contribution in [0.5, 0.6) is 0 Å². The zero-order valence-corrected chi connectivity index (χ0v) is 43.1. The number of carbonyl (C=O) groups excluding carboxylic acids is 7. The van der Waals surface area contributed by atoms with Gasteiger partial charge in [0.05, 0.1) is 65.2 Å². The molecule has 0 bridgehead atoms. The van der Waals surface area contributed by atoms with Crippen LogP contribution in [0, 0.1) is 31.9 Å². The molecule has 25 nitrogen and oxygen atoms in total. The first-order chi connectivity index (χ1) is 37.7. The van der Waals surface area contributed by atoms with Crippen LogP contribution >= 0.6 is 0 Å². The van der Waals surface area contributed by atoms with Gasteiger partial charge in [-0.1, -0.05) is 24.3 Å². The minimum Gasteiger partial charge on any atom is -0.481 e. The van der Waals surface area contributed by atoms with Crippen molar-refractivity contribution in [2.24, 2.45) is 0 Å². The van der Waals surface area contributed by atoms with Gasteiger partial charge in [-0.2, -0.15) is 0 Å². The number of ether oxygens (including phenoxy) is 2. The normalized spacial score (nSPS) is 16.8. The van der Waals surface area contributed by atoms with Gasteiger partial charge in [0.1, 0.15) is 23.8 Å². The first-order valence-corrected chi connectivity index (χ1v) is 25.0. The molecule has 27 heteroatoms. The summed E-state index contributed by atoms with van der Waals surface area (Å²) in [5.41, 5.74) is 1.67. The third-order valence-corrected chi connectivity index (χ3v) is 12.7. The zero-order chi connectivity index (χ0) is 57.3. The summed E-state index contributed by atoms with van der Waals surface area (Å²) in [6.07, 6.45) is -2.64. The number of ketones is 2. The number of nitrogens with zero attached hydrogens (tertiary/aromatic N) is 7. The van der Waals surface area contributed by atoms with Crippen LogP contribution in [0.2, 0.25) is 0 Å². The second-order valence-corrected chi connectivity index (χ2v) is 18.3. The molecule has 4 aromatic rings. The Labute approximate surface area is 450 Å². The number of non-ortho nitro benzene ring substituents is 2. The summed E-state index contributed by atoms with van der Waals surface area (Å²) in [6.45, 7) is 8.24. The van der Waals surface area contributed by atoms with Gasteiger partial charge >= 0.3 is 18.2 Å². The van der Waals surface area contributed by atoms with E-state index >= 15 is 4.39 Å². The number of piperazine rings is 2. The number of Topliss-reactive ketones (excluding diaryl/α,β-unsaturated/α-hetero) is 2. The average molecular weight is 1100 g/mol. The molecule has 0 aromatic heterocycles. The number of hydrogen-bond donors (Lipinski definition) is 4. The van der Waals surface area contributed by atoms with Crippen molar-refractivity contribution in [3.63, 3.8) is 0 Å². The highest BCUT2D eigenvalue weighted by molar-refractivity contribution is 5.99. The first kappa shape index (κ1) is 59.1. The lowest BCUT2D eigenvalue weighted by Gasteiger charge is -2.36. The smallest absolute Gasteiger partial charge is 0.414 e. The molecule has 4 heterocycles. The molecule has 5 amide bonds. The minimum atomic E-state index is -1.07. The van der Waals surface area contributed by atoms with Gasteiger partial charge in [0.2, 0.25) is 17.7 Å². The SMILES string of the molecule is CC(=O)NC[C@H]1CN(c2ccc(N3CCN(C(=O)CCC(=O)c4cccc([N+](=O)[O-])c4)CC3)c(F)c2)C(=O)O1.CC(=O)NC[C@H]1CN(c2ccc(N3CCNCC3)c(F)c2)C(=O)O1.O=C(O)CCC(=O)c1cccc([N+](=O)[O-])c1. The summed E-state index contributed by atoms with van der Waals surface area (Å²) in [4.78, 5) is 121. The second kappa shape index (κ2) is 27.8. The van der Waals surface area contributed by atoms with Crippen LogP contribution in [0.15, 0.2) is 84.9 Å². The number of anilines is 4. The van der Waals surface area contributed by atoms with Crippen LogP contribution in [-0.2, 0) is 28.7 Å². The summed E-state index contributed by atoms with van der Waals surface area (Å²) >= 11 is 0. The standard InChI is InChI=1S/C26H28FN5O7.C16H21FN4O3.C10H9NO5/c1-17(33)28-15-21-16-31(26(36)39-21)19-5-6-23(22(27)14-19)29-9-11-30(12-10-29)25(35)8-7-24(34)18-3-2-4-20(13-18)32(37)38;1-11(22)19-9-13-10-21(16(23)24-13)12-2-3-15(14(17)8-12)20-6-4-18-5-7-20;12-9(4-5-10(13)14)7-2-1-3-8(6-7)11(15)16/h2-6,13-14,21H,7-12,15-16H2,1H3,(H,28,33);2-3,8,13,18H,4-7,9-10H2,1H3,(H,19,22);1-3,6H,4-5H2,(H,13,14)/t21-;13-;/m00./s1. The van der Waals surface area contributed by atoms with E-state index < -0.39 is 51.8 Å². The van der Waals surface area contributed by atoms with Crippen molar-refractivity contribution in [3.8, 4) is 0 Å². The quantitative estimate of drug-likeness (QED) is 0.0588. The summed E-state index contributed by atoms with van der Waals surface area (Å²) < 4.78 is 39.9. The van der Waals surface area contributed by atoms with E-state index in [1.807, 2.05) is 4.90 Å². The zero-order valence-electron chi connectivity index (χ0n) is 43.1. The van der Waals surface area contributed by atoms with Crippen LogP contribution in [0.4, 0.5) is 52.5 Å². The molecule has 4 aromatic carbocycles. The average Bonchev–Trinajstić information content (AvgIpc) is 4.04. The Kier molecular flexibility index (Phi) is 20.8. The van der Waals surface area contributed by atoms with Crippen LogP contribution < -0.4 is 35.6 Å². The minimum absolute atomic E-state index is 0.0283. The fraction of sp³-hybridized carbons (Fsp3) is 0.385. The summed E-state index contributed by atoms with van der Waals surface area (Å²) in [5.74, 6) is -3.35. The van der Waals surface area contributed by atoms with Crippen molar-refractivity contribution in [2.45, 2.75) is 51.7 Å². The molecular weight excluding hydrogens is 1040 g/mol. The highest BCUT2D eigenvalue weighted by Crippen LogP contribution is 2.30. The maximum atomic E-state index is 15.0. The molecule has 0 spiro atoms. The number of nitrogens with one attached hydrogen (secondary N) is 3. The predicted octanol–water partition coefficient (Wildman–Crippen LogP) is 4.85. The number of halogens is 2. The molecular formula is C52H58F2N10O15. The molecule has 4 saturated heterocycles. The van der Waals surface area contributed by atoms with Crippen LogP contribution in [0.25, 0.3) is 0 Å². The molecule has 4 N–H and O–H groups in total. The van der Waals surface area contributed by atoms with E-state index in [1.54, 1.807) is 34.1 Å². The van der Waals surface area contributed by atoms with Gasteiger partial charge in [-0.3, -0.25) is 58.8 Å². The fourth-order valence-corrected chi connectivity index (χ4v) is 8.61. The van der Waals surface area contributed by atoms with E-state index in [4.69, 9.17) is 14.6 Å². The number of benzene rings is 4. The highest BCUT2D eigenvalue weighted by Gasteiger charge is 2.35. The van der Waals surface area contributed by atoms with Crippen molar-refractivity contribution >= 4 is 81.6 Å². The number of carboxylic acids is 1. The largest absolute Gasteiger partial charge is 0.481 e. The monoisotopic (exact) mass is 1100 g/mol. The Morgan fingerprint density at radius 3 is 1.46 bits per heavy atom. The molecule has 0 saturated carbocycles. The van der Waals surface area contributed by atoms with Gasteiger partial charge in [0.15, 0.2) is 11.6 Å². The third kappa shape index (κ3) is 16.9. The molecule has 2 atom stereocenters. The lowest BCUT2D eigenvalue weighted by atomic mass is 10.1. The van der Waals surface area contributed by atoms with Gasteiger partial charge in [-0.15, -0.1) is 0 Å². The van der Waals surface area contributed by atoms with Crippen molar-refractivity contribution in [2.75, 3.05) is 98.1 Å². The topological polar surface area (TPSA) is 314 Å². The molecule has 4 fully saturated rings. The van der Waals surface area contributed by atoms with Crippen LogP contribution in [-0.4, -0.2) is 158 Å². The Morgan fingerprint density at radius 1 is 0.620 bits per heavy atom. The van der Waals surface area contributed by atoms with E-state index in [-0.39, 0.29) is 104 Å². The number of nitro groups is 2. The summed E-state index contributed by atoms with van der Waals surface area (Å²) in [5, 5.41) is 38.2. The maximum absolute atomic E-state index is 15.0. The second-order valence-electron chi connectivity index (χ2n) is 18.3. The number of nitro benzene ring substituents is 2. The highest BCUT2D eigenvalue weighted by atomic mass is 19.1. The van der Waals surface area contributed by atoms with Gasteiger partial charge in [-0.05, 0) is 36.4 Å². The van der Waals surface area contributed by atoms with Crippen molar-refractivity contribution in [3.05, 3.63) is 128 Å². The van der Waals surface area contributed by atoms with Gasteiger partial charge in [-0.25, -0.2) is 18.4 Å². The Hall–Kier alpha value is -9.14. The molecule has 0 radical (unpaired) electrons. The molecule has 420 valence electrons. The lowest BCUT2D eigenvalue weighted by Crippen LogP contribution is -2.49. The molecule has 4 aliphatic heterocycles. The van der Waals surface area contributed by atoms with Crippen LogP contribution in [0.1, 0.15) is 60.2 Å². The van der Waals surface area contributed by atoms with E-state index in [0.29, 0.717) is 48.9 Å².